The Labute approximate surface area is 189 Å². The monoisotopic (exact) mass is 438 g/mol. The van der Waals surface area contributed by atoms with Crippen molar-refractivity contribution in [2.75, 3.05) is 36.5 Å². The Hall–Kier alpha value is -2.78. The second-order valence-corrected chi connectivity index (χ2v) is 8.45. The van der Waals surface area contributed by atoms with Crippen molar-refractivity contribution in [2.24, 2.45) is 0 Å². The molecule has 1 fully saturated rings. The van der Waals surface area contributed by atoms with E-state index in [1.165, 1.54) is 0 Å². The van der Waals surface area contributed by atoms with E-state index in [9.17, 15) is 0 Å². The van der Waals surface area contributed by atoms with Crippen LogP contribution in [0.4, 0.5) is 17.6 Å². The number of hydrogen-bond acceptors (Lipinski definition) is 8. The van der Waals surface area contributed by atoms with E-state index in [-0.39, 0.29) is 0 Å². The maximum Gasteiger partial charge on any atom is 0.228 e. The lowest BCUT2D eigenvalue weighted by molar-refractivity contribution is 0.137. The minimum Gasteiger partial charge on any atom is -0.380 e. The van der Waals surface area contributed by atoms with Gasteiger partial charge in [0.2, 0.25) is 5.95 Å². The first kappa shape index (κ1) is 22.4. The molecule has 1 aliphatic heterocycles. The summed E-state index contributed by atoms with van der Waals surface area (Å²) in [4.78, 5) is 16.8. The van der Waals surface area contributed by atoms with Crippen molar-refractivity contribution in [2.45, 2.75) is 59.7 Å². The van der Waals surface area contributed by atoms with Gasteiger partial charge < -0.3 is 20.3 Å². The second-order valence-electron chi connectivity index (χ2n) is 8.45. The van der Waals surface area contributed by atoms with Crippen LogP contribution < -0.4 is 15.5 Å². The van der Waals surface area contributed by atoms with Crippen molar-refractivity contribution in [3.8, 4) is 0 Å². The fraction of sp³-hybridized carbons (Fsp3) is 0.565. The summed E-state index contributed by atoms with van der Waals surface area (Å²) in [5.41, 5.74) is 3.86. The highest BCUT2D eigenvalue weighted by atomic mass is 16.5. The molecule has 4 rings (SSSR count). The highest BCUT2D eigenvalue weighted by Gasteiger charge is 2.27. The van der Waals surface area contributed by atoms with Gasteiger partial charge in [-0.05, 0) is 45.7 Å². The third-order valence-corrected chi connectivity index (χ3v) is 5.81. The summed E-state index contributed by atoms with van der Waals surface area (Å²) in [6.45, 7) is 14.2. The second kappa shape index (κ2) is 9.79. The normalized spacial score (nSPS) is 19.0. The van der Waals surface area contributed by atoms with E-state index >= 15 is 0 Å². The molecule has 0 saturated carbocycles. The van der Waals surface area contributed by atoms with Crippen LogP contribution in [-0.2, 0) is 17.7 Å². The summed E-state index contributed by atoms with van der Waals surface area (Å²) in [6, 6.07) is 4.69. The maximum absolute atomic E-state index is 5.60. The molecule has 0 amide bonds. The average molecular weight is 439 g/mol. The predicted molar refractivity (Wildman–Crippen MR) is 128 cm³/mol. The SMILES string of the molecule is CCOCCn1nc(CC)c2nc(N3C[C@@H](C)NC[C@@H]3C)nc(Nc3ccc(C)cn3)c21. The van der Waals surface area contributed by atoms with Gasteiger partial charge in [-0.15, -0.1) is 0 Å². The van der Waals surface area contributed by atoms with Crippen molar-refractivity contribution in [1.82, 2.24) is 30.0 Å². The standard InChI is InChI=1S/C23H34N8O/c1-6-18-20-21(31(29-18)10-11-32-7-2)22(26-19-9-8-15(3)12-25-19)28-23(27-20)30-14-16(4)24-13-17(30)5/h8-9,12,16-17,24H,6-7,10-11,13-14H2,1-5H3,(H,25,26,27,28)/t16-,17+/m1/s1. The minimum atomic E-state index is 0.298. The summed E-state index contributed by atoms with van der Waals surface area (Å²) in [7, 11) is 0. The Morgan fingerprint density at radius 2 is 2.06 bits per heavy atom. The quantitative estimate of drug-likeness (QED) is 0.519. The number of rotatable bonds is 8. The first-order chi connectivity index (χ1) is 15.5. The van der Waals surface area contributed by atoms with Gasteiger partial charge in [-0.2, -0.15) is 10.1 Å². The zero-order valence-electron chi connectivity index (χ0n) is 19.7. The summed E-state index contributed by atoms with van der Waals surface area (Å²) in [6.07, 6.45) is 2.65. The lowest BCUT2D eigenvalue weighted by Crippen LogP contribution is -2.55. The van der Waals surface area contributed by atoms with Gasteiger partial charge in [0.1, 0.15) is 16.9 Å². The van der Waals surface area contributed by atoms with Crippen LogP contribution in [0.5, 0.6) is 0 Å². The van der Waals surface area contributed by atoms with E-state index in [0.29, 0.717) is 31.8 Å². The summed E-state index contributed by atoms with van der Waals surface area (Å²) in [5, 5.41) is 11.8. The van der Waals surface area contributed by atoms with Crippen LogP contribution in [0.15, 0.2) is 18.3 Å². The van der Waals surface area contributed by atoms with Crippen LogP contribution >= 0.6 is 0 Å². The number of pyridine rings is 1. The van der Waals surface area contributed by atoms with Crippen molar-refractivity contribution < 1.29 is 4.74 Å². The molecule has 0 spiro atoms. The third kappa shape index (κ3) is 4.68. The molecule has 0 bridgehead atoms. The minimum absolute atomic E-state index is 0.298. The average Bonchev–Trinajstić information content (AvgIpc) is 3.15. The topological polar surface area (TPSA) is 93.0 Å². The Bertz CT molecular complexity index is 1050. The summed E-state index contributed by atoms with van der Waals surface area (Å²) >= 11 is 0. The van der Waals surface area contributed by atoms with Crippen LogP contribution in [0.25, 0.3) is 11.0 Å². The van der Waals surface area contributed by atoms with E-state index in [0.717, 1.165) is 59.4 Å². The summed E-state index contributed by atoms with van der Waals surface area (Å²) in [5.74, 6) is 2.20. The first-order valence-corrected chi connectivity index (χ1v) is 11.5. The molecule has 0 aromatic carbocycles. The maximum atomic E-state index is 5.60. The number of nitrogens with zero attached hydrogens (tertiary/aromatic N) is 6. The molecule has 4 heterocycles. The van der Waals surface area contributed by atoms with Crippen LogP contribution in [0.2, 0.25) is 0 Å². The van der Waals surface area contributed by atoms with Crippen LogP contribution in [-0.4, -0.2) is 63.1 Å². The lowest BCUT2D eigenvalue weighted by atomic mass is 10.1. The van der Waals surface area contributed by atoms with E-state index in [1.807, 2.05) is 36.9 Å². The van der Waals surface area contributed by atoms with Gasteiger partial charge in [-0.3, -0.25) is 4.68 Å². The van der Waals surface area contributed by atoms with Gasteiger partial charge in [0.15, 0.2) is 5.82 Å². The van der Waals surface area contributed by atoms with Crippen molar-refractivity contribution in [3.05, 3.63) is 29.6 Å². The van der Waals surface area contributed by atoms with Crippen LogP contribution in [0.3, 0.4) is 0 Å². The zero-order valence-corrected chi connectivity index (χ0v) is 19.7. The number of piperazine rings is 1. The molecule has 172 valence electrons. The highest BCUT2D eigenvalue weighted by Crippen LogP contribution is 2.30. The Kier molecular flexibility index (Phi) is 6.86. The summed E-state index contributed by atoms with van der Waals surface area (Å²) < 4.78 is 7.56. The molecule has 1 aliphatic rings. The molecule has 3 aromatic heterocycles. The Morgan fingerprint density at radius 1 is 1.22 bits per heavy atom. The largest absolute Gasteiger partial charge is 0.380 e. The molecule has 9 heteroatoms. The number of ether oxygens (including phenoxy) is 1. The molecule has 32 heavy (non-hydrogen) atoms. The molecule has 0 radical (unpaired) electrons. The number of aryl methyl sites for hydroxylation is 2. The molecule has 2 N–H and O–H groups in total. The molecular weight excluding hydrogens is 404 g/mol. The van der Waals surface area contributed by atoms with Gasteiger partial charge in [0.25, 0.3) is 0 Å². The Morgan fingerprint density at radius 3 is 2.78 bits per heavy atom. The van der Waals surface area contributed by atoms with Gasteiger partial charge >= 0.3 is 0 Å². The zero-order chi connectivity index (χ0) is 22.7. The highest BCUT2D eigenvalue weighted by molar-refractivity contribution is 5.90. The molecule has 0 aliphatic carbocycles. The van der Waals surface area contributed by atoms with E-state index in [4.69, 9.17) is 19.8 Å². The third-order valence-electron chi connectivity index (χ3n) is 5.81. The molecule has 2 atom stereocenters. The van der Waals surface area contributed by atoms with Crippen molar-refractivity contribution in [1.29, 1.82) is 0 Å². The number of anilines is 3. The van der Waals surface area contributed by atoms with Gasteiger partial charge in [0.05, 0.1) is 18.8 Å². The van der Waals surface area contributed by atoms with Crippen molar-refractivity contribution in [3.63, 3.8) is 0 Å². The number of nitrogens with one attached hydrogen (secondary N) is 2. The molecule has 3 aromatic rings. The van der Waals surface area contributed by atoms with Gasteiger partial charge in [-0.25, -0.2) is 9.97 Å². The molecule has 1 saturated heterocycles. The van der Waals surface area contributed by atoms with Crippen LogP contribution in [0, 0.1) is 6.92 Å². The first-order valence-electron chi connectivity index (χ1n) is 11.5. The lowest BCUT2D eigenvalue weighted by Gasteiger charge is -2.37. The van der Waals surface area contributed by atoms with E-state index in [1.54, 1.807) is 0 Å². The fourth-order valence-corrected chi connectivity index (χ4v) is 4.01. The van der Waals surface area contributed by atoms with Gasteiger partial charge in [0, 0.05) is 38.0 Å². The Balaban J connectivity index is 1.82. The smallest absolute Gasteiger partial charge is 0.228 e. The van der Waals surface area contributed by atoms with Gasteiger partial charge in [-0.1, -0.05) is 13.0 Å². The van der Waals surface area contributed by atoms with E-state index < -0.39 is 0 Å². The van der Waals surface area contributed by atoms with E-state index in [2.05, 4.69) is 41.3 Å². The predicted octanol–water partition coefficient (Wildman–Crippen LogP) is 3.06. The van der Waals surface area contributed by atoms with Crippen molar-refractivity contribution >= 4 is 28.6 Å². The number of hydrogen-bond donors (Lipinski definition) is 2. The number of aromatic nitrogens is 5. The number of fused-ring (bicyclic) bond motifs is 1. The molecular formula is C23H34N8O. The fourth-order valence-electron chi connectivity index (χ4n) is 4.01. The van der Waals surface area contributed by atoms with Crippen LogP contribution in [0.1, 0.15) is 39.0 Å². The molecule has 0 unspecified atom stereocenters. The molecule has 9 nitrogen and oxygen atoms in total.